The van der Waals surface area contributed by atoms with Crippen molar-refractivity contribution in [1.82, 2.24) is 4.90 Å². The van der Waals surface area contributed by atoms with E-state index in [1.807, 2.05) is 12.1 Å². The second kappa shape index (κ2) is 6.98. The monoisotopic (exact) mass is 277 g/mol. The molecule has 1 fully saturated rings. The van der Waals surface area contributed by atoms with Gasteiger partial charge in [0.05, 0.1) is 7.11 Å². The highest BCUT2D eigenvalue weighted by Crippen LogP contribution is 2.34. The summed E-state index contributed by atoms with van der Waals surface area (Å²) in [6, 6.07) is 6.80. The summed E-state index contributed by atoms with van der Waals surface area (Å²) in [6.45, 7) is 5.70. The minimum Gasteiger partial charge on any atom is -0.504 e. The molecule has 2 unspecified atom stereocenters. The molecule has 1 aromatic carbocycles. The molecule has 1 aliphatic rings. The maximum absolute atomic E-state index is 9.72. The van der Waals surface area contributed by atoms with Crippen molar-refractivity contribution in [3.05, 3.63) is 23.8 Å². The van der Waals surface area contributed by atoms with Gasteiger partial charge in [0.2, 0.25) is 0 Å². The molecule has 20 heavy (non-hydrogen) atoms. The summed E-state index contributed by atoms with van der Waals surface area (Å²) < 4.78 is 5.23. The van der Waals surface area contributed by atoms with Crippen LogP contribution in [0.4, 0.5) is 0 Å². The Morgan fingerprint density at radius 3 is 2.90 bits per heavy atom. The molecular weight excluding hydrogens is 250 g/mol. The molecule has 1 N–H and O–H groups in total. The first kappa shape index (κ1) is 15.2. The number of hydrogen-bond donors (Lipinski definition) is 1. The Bertz CT molecular complexity index is 431. The summed E-state index contributed by atoms with van der Waals surface area (Å²) in [4.78, 5) is 2.62. The molecule has 0 amide bonds. The zero-order chi connectivity index (χ0) is 14.5. The van der Waals surface area contributed by atoms with Gasteiger partial charge in [0.25, 0.3) is 0 Å². The van der Waals surface area contributed by atoms with Crippen molar-refractivity contribution in [1.29, 1.82) is 0 Å². The molecule has 3 nitrogen and oxygen atoms in total. The van der Waals surface area contributed by atoms with Crippen molar-refractivity contribution in [3.63, 3.8) is 0 Å². The third-order valence-electron chi connectivity index (χ3n) is 4.48. The van der Waals surface area contributed by atoms with Gasteiger partial charge < -0.3 is 9.84 Å². The van der Waals surface area contributed by atoms with Crippen LogP contribution in [-0.4, -0.2) is 29.7 Å². The standard InChI is InChI=1S/C17H27NO2/c1-4-7-15-8-5-6-11-18(15)13(2)14-9-10-16(19)17(12-14)20-3/h9-10,12-13,15,19H,4-8,11H2,1-3H3. The Morgan fingerprint density at radius 2 is 2.20 bits per heavy atom. The molecule has 0 radical (unpaired) electrons. The molecule has 1 heterocycles. The summed E-state index contributed by atoms with van der Waals surface area (Å²) in [7, 11) is 1.60. The number of benzene rings is 1. The first-order chi connectivity index (χ1) is 9.67. The first-order valence-corrected chi connectivity index (χ1v) is 7.80. The lowest BCUT2D eigenvalue weighted by molar-refractivity contribution is 0.0962. The van der Waals surface area contributed by atoms with Crippen molar-refractivity contribution in [2.45, 2.75) is 58.0 Å². The number of hydrogen-bond acceptors (Lipinski definition) is 3. The van der Waals surface area contributed by atoms with Crippen molar-refractivity contribution < 1.29 is 9.84 Å². The molecule has 0 bridgehead atoms. The summed E-state index contributed by atoms with van der Waals surface area (Å²) in [6.07, 6.45) is 6.48. The number of phenols is 1. The van der Waals surface area contributed by atoms with Gasteiger partial charge in [-0.3, -0.25) is 4.90 Å². The molecule has 0 saturated carbocycles. The number of phenolic OH excluding ortho intramolecular Hbond substituents is 1. The Balaban J connectivity index is 2.17. The molecule has 112 valence electrons. The fourth-order valence-electron chi connectivity index (χ4n) is 3.32. The second-order valence-corrected chi connectivity index (χ2v) is 5.78. The normalized spacial score (nSPS) is 21.6. The van der Waals surface area contributed by atoms with Crippen LogP contribution in [0.5, 0.6) is 11.5 Å². The molecule has 1 aliphatic heterocycles. The van der Waals surface area contributed by atoms with Gasteiger partial charge in [-0.1, -0.05) is 25.8 Å². The van der Waals surface area contributed by atoms with Crippen LogP contribution in [-0.2, 0) is 0 Å². The molecular formula is C17H27NO2. The number of ether oxygens (including phenoxy) is 1. The van der Waals surface area contributed by atoms with Crippen LogP contribution in [0.2, 0.25) is 0 Å². The van der Waals surface area contributed by atoms with Crippen LogP contribution in [0, 0.1) is 0 Å². The summed E-state index contributed by atoms with van der Waals surface area (Å²) in [5.41, 5.74) is 1.22. The highest BCUT2D eigenvalue weighted by Gasteiger charge is 2.26. The highest BCUT2D eigenvalue weighted by molar-refractivity contribution is 5.42. The van der Waals surface area contributed by atoms with Gasteiger partial charge >= 0.3 is 0 Å². The van der Waals surface area contributed by atoms with Gasteiger partial charge in [0.15, 0.2) is 11.5 Å². The molecule has 0 spiro atoms. The third-order valence-corrected chi connectivity index (χ3v) is 4.48. The van der Waals surface area contributed by atoms with E-state index in [1.54, 1.807) is 13.2 Å². The fourth-order valence-corrected chi connectivity index (χ4v) is 3.32. The van der Waals surface area contributed by atoms with Crippen LogP contribution >= 0.6 is 0 Å². The number of rotatable bonds is 5. The largest absolute Gasteiger partial charge is 0.504 e. The first-order valence-electron chi connectivity index (χ1n) is 7.80. The van der Waals surface area contributed by atoms with E-state index in [9.17, 15) is 5.11 Å². The van der Waals surface area contributed by atoms with Crippen molar-refractivity contribution >= 4 is 0 Å². The Labute approximate surface area is 122 Å². The predicted molar refractivity (Wildman–Crippen MR) is 82.3 cm³/mol. The molecule has 1 aromatic rings. The fraction of sp³-hybridized carbons (Fsp3) is 0.647. The molecule has 2 rings (SSSR count). The molecule has 0 aliphatic carbocycles. The summed E-state index contributed by atoms with van der Waals surface area (Å²) >= 11 is 0. The second-order valence-electron chi connectivity index (χ2n) is 5.78. The predicted octanol–water partition coefficient (Wildman–Crippen LogP) is 4.12. The van der Waals surface area contributed by atoms with Crippen molar-refractivity contribution in [3.8, 4) is 11.5 Å². The molecule has 0 aromatic heterocycles. The van der Waals surface area contributed by atoms with E-state index in [0.29, 0.717) is 17.8 Å². The Hall–Kier alpha value is -1.22. The van der Waals surface area contributed by atoms with E-state index in [4.69, 9.17) is 4.74 Å². The quantitative estimate of drug-likeness (QED) is 0.879. The smallest absolute Gasteiger partial charge is 0.160 e. The van der Waals surface area contributed by atoms with Crippen molar-refractivity contribution in [2.24, 2.45) is 0 Å². The van der Waals surface area contributed by atoms with Crippen LogP contribution in [0.3, 0.4) is 0 Å². The topological polar surface area (TPSA) is 32.7 Å². The maximum atomic E-state index is 9.72. The minimum absolute atomic E-state index is 0.215. The minimum atomic E-state index is 0.215. The average Bonchev–Trinajstić information content (AvgIpc) is 2.48. The van der Waals surface area contributed by atoms with Gasteiger partial charge in [0.1, 0.15) is 0 Å². The number of likely N-dealkylation sites (tertiary alicyclic amines) is 1. The zero-order valence-corrected chi connectivity index (χ0v) is 12.9. The molecule has 3 heteroatoms. The van der Waals surface area contributed by atoms with E-state index < -0.39 is 0 Å². The zero-order valence-electron chi connectivity index (χ0n) is 12.9. The molecule has 2 atom stereocenters. The number of aromatic hydroxyl groups is 1. The van der Waals surface area contributed by atoms with Crippen LogP contribution in [0.15, 0.2) is 18.2 Å². The van der Waals surface area contributed by atoms with Crippen LogP contribution < -0.4 is 4.74 Å². The summed E-state index contributed by atoms with van der Waals surface area (Å²) in [5.74, 6) is 0.783. The van der Waals surface area contributed by atoms with E-state index in [-0.39, 0.29) is 5.75 Å². The highest BCUT2D eigenvalue weighted by atomic mass is 16.5. The van der Waals surface area contributed by atoms with Crippen LogP contribution in [0.1, 0.15) is 57.6 Å². The lowest BCUT2D eigenvalue weighted by Gasteiger charge is -2.40. The Kier molecular flexibility index (Phi) is 5.30. The van der Waals surface area contributed by atoms with E-state index >= 15 is 0 Å². The number of nitrogens with zero attached hydrogens (tertiary/aromatic N) is 1. The average molecular weight is 277 g/mol. The third kappa shape index (κ3) is 3.26. The van der Waals surface area contributed by atoms with Gasteiger partial charge in [-0.25, -0.2) is 0 Å². The van der Waals surface area contributed by atoms with Gasteiger partial charge in [-0.15, -0.1) is 0 Å². The lowest BCUT2D eigenvalue weighted by Crippen LogP contribution is -2.41. The van der Waals surface area contributed by atoms with Crippen molar-refractivity contribution in [2.75, 3.05) is 13.7 Å². The summed E-state index contributed by atoms with van der Waals surface area (Å²) in [5, 5.41) is 9.72. The number of piperidine rings is 1. The number of methoxy groups -OCH3 is 1. The van der Waals surface area contributed by atoms with Gasteiger partial charge in [0, 0.05) is 12.1 Å². The van der Waals surface area contributed by atoms with Gasteiger partial charge in [-0.05, 0) is 50.4 Å². The lowest BCUT2D eigenvalue weighted by atomic mass is 9.94. The molecule has 1 saturated heterocycles. The van der Waals surface area contributed by atoms with E-state index in [0.717, 1.165) is 0 Å². The van der Waals surface area contributed by atoms with Gasteiger partial charge in [-0.2, -0.15) is 0 Å². The van der Waals surface area contributed by atoms with Crippen LogP contribution in [0.25, 0.3) is 0 Å². The Morgan fingerprint density at radius 1 is 1.40 bits per heavy atom. The van der Waals surface area contributed by atoms with E-state index in [2.05, 4.69) is 18.7 Å². The van der Waals surface area contributed by atoms with E-state index in [1.165, 1.54) is 44.2 Å². The maximum Gasteiger partial charge on any atom is 0.160 e. The SMILES string of the molecule is CCCC1CCCCN1C(C)c1ccc(O)c(OC)c1.